The van der Waals surface area contributed by atoms with E-state index in [0.717, 1.165) is 38.0 Å². The lowest BCUT2D eigenvalue weighted by molar-refractivity contribution is 0.0941. The lowest BCUT2D eigenvalue weighted by atomic mass is 10.1. The van der Waals surface area contributed by atoms with E-state index in [2.05, 4.69) is 21.8 Å². The number of rotatable bonds is 5. The first-order chi connectivity index (χ1) is 8.83. The predicted octanol–water partition coefficient (Wildman–Crippen LogP) is 1.72. The molecule has 1 aliphatic heterocycles. The molecule has 18 heavy (non-hydrogen) atoms. The summed E-state index contributed by atoms with van der Waals surface area (Å²) in [4.78, 5) is 12.1. The molecular weight excluding hydrogens is 226 g/mol. The summed E-state index contributed by atoms with van der Waals surface area (Å²) >= 11 is 0. The maximum absolute atomic E-state index is 12.1. The molecule has 1 fully saturated rings. The number of piperidine rings is 1. The minimum Gasteiger partial charge on any atom is -0.350 e. The van der Waals surface area contributed by atoms with Crippen LogP contribution in [0.2, 0.25) is 0 Å². The Bertz CT molecular complexity index is 405. The number of hydrogen-bond acceptors (Lipinski definition) is 2. The maximum atomic E-state index is 12.1. The number of aromatic nitrogens is 1. The van der Waals surface area contributed by atoms with Gasteiger partial charge in [0.25, 0.3) is 5.91 Å². The molecule has 0 aromatic carbocycles. The molecule has 0 atom stereocenters. The van der Waals surface area contributed by atoms with Gasteiger partial charge in [-0.2, -0.15) is 0 Å². The molecule has 0 spiro atoms. The maximum Gasteiger partial charge on any atom is 0.267 e. The van der Waals surface area contributed by atoms with Gasteiger partial charge in [-0.05, 0) is 44.5 Å². The fourth-order valence-electron chi connectivity index (χ4n) is 2.37. The molecule has 98 valence electrons. The smallest absolute Gasteiger partial charge is 0.267 e. The van der Waals surface area contributed by atoms with Crippen LogP contribution in [-0.4, -0.2) is 30.1 Å². The predicted molar refractivity (Wildman–Crippen MR) is 72.7 cm³/mol. The van der Waals surface area contributed by atoms with Crippen LogP contribution in [0, 0.1) is 0 Å². The SMILES string of the molecule is C=CCCNC(=O)c1cccn1C1CCNCC1. The molecule has 1 aliphatic rings. The molecule has 1 amide bonds. The molecular formula is C14H21N3O. The van der Waals surface area contributed by atoms with Crippen LogP contribution in [0.15, 0.2) is 31.0 Å². The third kappa shape index (κ3) is 3.01. The summed E-state index contributed by atoms with van der Waals surface area (Å²) in [6.07, 6.45) is 6.80. The highest BCUT2D eigenvalue weighted by molar-refractivity contribution is 5.92. The first kappa shape index (κ1) is 12.9. The zero-order chi connectivity index (χ0) is 12.8. The van der Waals surface area contributed by atoms with E-state index < -0.39 is 0 Å². The first-order valence-electron chi connectivity index (χ1n) is 6.59. The van der Waals surface area contributed by atoms with Crippen LogP contribution in [0.3, 0.4) is 0 Å². The minimum absolute atomic E-state index is 0.0142. The van der Waals surface area contributed by atoms with Crippen LogP contribution in [0.4, 0.5) is 0 Å². The second kappa shape index (κ2) is 6.40. The third-order valence-corrected chi connectivity index (χ3v) is 3.35. The van der Waals surface area contributed by atoms with Crippen molar-refractivity contribution < 1.29 is 4.79 Å². The Kier molecular flexibility index (Phi) is 4.59. The van der Waals surface area contributed by atoms with Gasteiger partial charge in [0.15, 0.2) is 0 Å². The monoisotopic (exact) mass is 247 g/mol. The van der Waals surface area contributed by atoms with E-state index in [1.807, 2.05) is 24.4 Å². The van der Waals surface area contributed by atoms with Crippen molar-refractivity contribution in [2.75, 3.05) is 19.6 Å². The van der Waals surface area contributed by atoms with E-state index >= 15 is 0 Å². The summed E-state index contributed by atoms with van der Waals surface area (Å²) in [5, 5.41) is 6.26. The Morgan fingerprint density at radius 3 is 3.06 bits per heavy atom. The van der Waals surface area contributed by atoms with E-state index in [-0.39, 0.29) is 5.91 Å². The fourth-order valence-corrected chi connectivity index (χ4v) is 2.37. The van der Waals surface area contributed by atoms with Crippen molar-refractivity contribution in [3.63, 3.8) is 0 Å². The van der Waals surface area contributed by atoms with Crippen LogP contribution in [0.5, 0.6) is 0 Å². The van der Waals surface area contributed by atoms with Crippen molar-refractivity contribution in [3.8, 4) is 0 Å². The molecule has 2 heterocycles. The molecule has 1 saturated heterocycles. The van der Waals surface area contributed by atoms with Gasteiger partial charge in [0.05, 0.1) is 0 Å². The van der Waals surface area contributed by atoms with Gasteiger partial charge in [0, 0.05) is 18.8 Å². The highest BCUT2D eigenvalue weighted by Crippen LogP contribution is 2.21. The zero-order valence-electron chi connectivity index (χ0n) is 10.7. The number of nitrogens with zero attached hydrogens (tertiary/aromatic N) is 1. The molecule has 4 heteroatoms. The van der Waals surface area contributed by atoms with Crippen molar-refractivity contribution in [1.82, 2.24) is 15.2 Å². The number of nitrogens with one attached hydrogen (secondary N) is 2. The topological polar surface area (TPSA) is 46.1 Å². The molecule has 0 aliphatic carbocycles. The van der Waals surface area contributed by atoms with Gasteiger partial charge in [-0.15, -0.1) is 6.58 Å². The molecule has 1 aromatic rings. The lowest BCUT2D eigenvalue weighted by Gasteiger charge is -2.25. The van der Waals surface area contributed by atoms with E-state index in [0.29, 0.717) is 12.6 Å². The van der Waals surface area contributed by atoms with Crippen molar-refractivity contribution >= 4 is 5.91 Å². The average Bonchev–Trinajstić information content (AvgIpc) is 2.89. The van der Waals surface area contributed by atoms with Gasteiger partial charge in [0.1, 0.15) is 5.69 Å². The second-order valence-electron chi connectivity index (χ2n) is 4.62. The highest BCUT2D eigenvalue weighted by atomic mass is 16.1. The van der Waals surface area contributed by atoms with Crippen LogP contribution in [0.1, 0.15) is 35.8 Å². The summed E-state index contributed by atoms with van der Waals surface area (Å²) in [6, 6.07) is 4.29. The Labute approximate surface area is 108 Å². The summed E-state index contributed by atoms with van der Waals surface area (Å²) in [7, 11) is 0. The first-order valence-corrected chi connectivity index (χ1v) is 6.59. The summed E-state index contributed by atoms with van der Waals surface area (Å²) in [5.41, 5.74) is 0.769. The van der Waals surface area contributed by atoms with E-state index in [1.54, 1.807) is 0 Å². The number of hydrogen-bond donors (Lipinski definition) is 2. The van der Waals surface area contributed by atoms with Crippen molar-refractivity contribution in [2.45, 2.75) is 25.3 Å². The van der Waals surface area contributed by atoms with Gasteiger partial charge in [-0.25, -0.2) is 0 Å². The zero-order valence-corrected chi connectivity index (χ0v) is 10.7. The van der Waals surface area contributed by atoms with E-state index in [9.17, 15) is 4.79 Å². The molecule has 0 saturated carbocycles. The normalized spacial score (nSPS) is 16.4. The van der Waals surface area contributed by atoms with Crippen LogP contribution < -0.4 is 10.6 Å². The van der Waals surface area contributed by atoms with Gasteiger partial charge < -0.3 is 15.2 Å². The van der Waals surface area contributed by atoms with Crippen molar-refractivity contribution in [1.29, 1.82) is 0 Å². The Hall–Kier alpha value is -1.55. The molecule has 4 nitrogen and oxygen atoms in total. The van der Waals surface area contributed by atoms with Gasteiger partial charge in [-0.1, -0.05) is 6.08 Å². The largest absolute Gasteiger partial charge is 0.350 e. The third-order valence-electron chi connectivity index (χ3n) is 3.35. The molecule has 2 rings (SSSR count). The summed E-state index contributed by atoms with van der Waals surface area (Å²) in [5.74, 6) is 0.0142. The van der Waals surface area contributed by atoms with Gasteiger partial charge >= 0.3 is 0 Å². The minimum atomic E-state index is 0.0142. The Balaban J connectivity index is 2.01. The van der Waals surface area contributed by atoms with Crippen molar-refractivity contribution in [3.05, 3.63) is 36.7 Å². The van der Waals surface area contributed by atoms with Crippen LogP contribution in [0.25, 0.3) is 0 Å². The quantitative estimate of drug-likeness (QED) is 0.615. The fraction of sp³-hybridized carbons (Fsp3) is 0.500. The lowest BCUT2D eigenvalue weighted by Crippen LogP contribution is -2.32. The van der Waals surface area contributed by atoms with Crippen LogP contribution >= 0.6 is 0 Å². The van der Waals surface area contributed by atoms with Crippen molar-refractivity contribution in [2.24, 2.45) is 0 Å². The standard InChI is InChI=1S/C14H21N3O/c1-2-3-8-16-14(18)13-5-4-11-17(13)12-6-9-15-10-7-12/h2,4-5,11-12,15H,1,3,6-10H2,(H,16,18). The van der Waals surface area contributed by atoms with E-state index in [4.69, 9.17) is 0 Å². The second-order valence-corrected chi connectivity index (χ2v) is 4.62. The van der Waals surface area contributed by atoms with Crippen LogP contribution in [-0.2, 0) is 0 Å². The molecule has 2 N–H and O–H groups in total. The van der Waals surface area contributed by atoms with Gasteiger partial charge in [-0.3, -0.25) is 4.79 Å². The summed E-state index contributed by atoms with van der Waals surface area (Å²) in [6.45, 7) is 6.36. The average molecular weight is 247 g/mol. The number of amides is 1. The summed E-state index contributed by atoms with van der Waals surface area (Å²) < 4.78 is 2.12. The molecule has 0 unspecified atom stereocenters. The molecule has 1 aromatic heterocycles. The Morgan fingerprint density at radius 1 is 1.56 bits per heavy atom. The Morgan fingerprint density at radius 2 is 2.33 bits per heavy atom. The highest BCUT2D eigenvalue weighted by Gasteiger charge is 2.19. The molecule has 0 bridgehead atoms. The van der Waals surface area contributed by atoms with Gasteiger partial charge in [0.2, 0.25) is 0 Å². The number of carbonyl (C=O) groups excluding carboxylic acids is 1. The van der Waals surface area contributed by atoms with E-state index in [1.165, 1.54) is 0 Å². The molecule has 0 radical (unpaired) electrons. The number of carbonyl (C=O) groups is 1.